The van der Waals surface area contributed by atoms with Crippen molar-refractivity contribution in [3.8, 4) is 11.1 Å². The van der Waals surface area contributed by atoms with Crippen LogP contribution in [0.3, 0.4) is 0 Å². The van der Waals surface area contributed by atoms with Crippen LogP contribution in [0.4, 0.5) is 4.79 Å². The molecule has 2 aromatic carbocycles. The number of carboxylic acids is 1. The standard InChI is InChI=1S/C27H30N2O5/c30-25(29-13-5-6-18(29)14-26(31)32)15-24(17-11-12-17)28-27(33)34-16-23-21-9-3-1-7-19(21)20-8-2-4-10-22(20)23/h1-4,7-10,17-18,23-24H,5-6,11-16H2,(H,28,33)(H,31,32)/t18-,24?/m1/s1. The molecule has 0 spiro atoms. The average molecular weight is 463 g/mol. The first-order valence-electron chi connectivity index (χ1n) is 12.1. The molecule has 2 N–H and O–H groups in total. The maximum Gasteiger partial charge on any atom is 0.407 e. The Morgan fingerprint density at radius 1 is 1.00 bits per heavy atom. The number of amides is 2. The van der Waals surface area contributed by atoms with Gasteiger partial charge in [-0.25, -0.2) is 4.79 Å². The molecule has 178 valence electrons. The van der Waals surface area contributed by atoms with E-state index in [4.69, 9.17) is 9.84 Å². The molecule has 0 radical (unpaired) electrons. The molecule has 1 saturated carbocycles. The van der Waals surface area contributed by atoms with Crippen LogP contribution < -0.4 is 5.32 Å². The molecule has 34 heavy (non-hydrogen) atoms. The van der Waals surface area contributed by atoms with Crippen molar-refractivity contribution >= 4 is 18.0 Å². The number of nitrogens with one attached hydrogen (secondary N) is 1. The summed E-state index contributed by atoms with van der Waals surface area (Å²) in [7, 11) is 0. The highest BCUT2D eigenvalue weighted by Gasteiger charge is 2.38. The second-order valence-electron chi connectivity index (χ2n) is 9.60. The Morgan fingerprint density at radius 3 is 2.26 bits per heavy atom. The minimum atomic E-state index is -0.889. The Kier molecular flexibility index (Phi) is 6.26. The molecule has 1 heterocycles. The number of ether oxygens (including phenoxy) is 1. The predicted octanol–water partition coefficient (Wildman–Crippen LogP) is 4.16. The lowest BCUT2D eigenvalue weighted by Gasteiger charge is -2.26. The molecule has 2 aliphatic carbocycles. The molecule has 2 aromatic rings. The minimum absolute atomic E-state index is 0.0134. The third-order valence-corrected chi connectivity index (χ3v) is 7.34. The highest BCUT2D eigenvalue weighted by Crippen LogP contribution is 2.44. The van der Waals surface area contributed by atoms with Gasteiger partial charge in [-0.15, -0.1) is 0 Å². The van der Waals surface area contributed by atoms with Crippen LogP contribution in [0.2, 0.25) is 0 Å². The summed E-state index contributed by atoms with van der Waals surface area (Å²) in [5, 5.41) is 12.1. The Morgan fingerprint density at radius 2 is 1.65 bits per heavy atom. The van der Waals surface area contributed by atoms with E-state index in [0.29, 0.717) is 13.0 Å². The Hall–Kier alpha value is -3.35. The second-order valence-corrected chi connectivity index (χ2v) is 9.60. The van der Waals surface area contributed by atoms with Gasteiger partial charge in [-0.3, -0.25) is 9.59 Å². The van der Waals surface area contributed by atoms with Gasteiger partial charge in [-0.2, -0.15) is 0 Å². The van der Waals surface area contributed by atoms with Gasteiger partial charge in [0.15, 0.2) is 0 Å². The van der Waals surface area contributed by atoms with Crippen LogP contribution >= 0.6 is 0 Å². The molecule has 7 heteroatoms. The van der Waals surface area contributed by atoms with Gasteiger partial charge in [0.1, 0.15) is 6.61 Å². The molecule has 2 atom stereocenters. The van der Waals surface area contributed by atoms with Crippen LogP contribution in [-0.2, 0) is 14.3 Å². The van der Waals surface area contributed by atoms with Gasteiger partial charge in [0.25, 0.3) is 0 Å². The van der Waals surface area contributed by atoms with Gasteiger partial charge in [0.05, 0.1) is 6.42 Å². The summed E-state index contributed by atoms with van der Waals surface area (Å²) in [4.78, 5) is 38.5. The Labute approximate surface area is 199 Å². The Balaban J connectivity index is 1.20. The van der Waals surface area contributed by atoms with E-state index in [2.05, 4.69) is 29.6 Å². The van der Waals surface area contributed by atoms with Crippen molar-refractivity contribution in [1.82, 2.24) is 10.2 Å². The van der Waals surface area contributed by atoms with Gasteiger partial charge in [0, 0.05) is 31.0 Å². The molecular formula is C27H30N2O5. The van der Waals surface area contributed by atoms with Crippen molar-refractivity contribution in [3.63, 3.8) is 0 Å². The molecule has 2 amide bonds. The van der Waals surface area contributed by atoms with Gasteiger partial charge < -0.3 is 20.1 Å². The number of aliphatic carboxylic acids is 1. The third kappa shape index (κ3) is 4.65. The van der Waals surface area contributed by atoms with E-state index in [1.54, 1.807) is 4.90 Å². The number of alkyl carbamates (subject to hydrolysis) is 1. The molecule has 1 unspecified atom stereocenters. The van der Waals surface area contributed by atoms with Crippen molar-refractivity contribution in [2.24, 2.45) is 5.92 Å². The largest absolute Gasteiger partial charge is 0.481 e. The molecule has 0 aromatic heterocycles. The topological polar surface area (TPSA) is 95.9 Å². The number of carbonyl (C=O) groups excluding carboxylic acids is 2. The maximum absolute atomic E-state index is 12.9. The molecule has 1 saturated heterocycles. The summed E-state index contributed by atoms with van der Waals surface area (Å²) in [6.45, 7) is 0.817. The second kappa shape index (κ2) is 9.49. The summed E-state index contributed by atoms with van der Waals surface area (Å²) in [5.74, 6) is -0.717. The molecule has 1 aliphatic heterocycles. The van der Waals surface area contributed by atoms with Crippen LogP contribution in [0.25, 0.3) is 11.1 Å². The van der Waals surface area contributed by atoms with Crippen molar-refractivity contribution < 1.29 is 24.2 Å². The van der Waals surface area contributed by atoms with Crippen LogP contribution in [-0.4, -0.2) is 53.2 Å². The number of hydrogen-bond donors (Lipinski definition) is 2. The van der Waals surface area contributed by atoms with Gasteiger partial charge in [-0.1, -0.05) is 48.5 Å². The molecular weight excluding hydrogens is 432 g/mol. The fourth-order valence-electron chi connectivity index (χ4n) is 5.51. The van der Waals surface area contributed by atoms with Crippen molar-refractivity contribution in [2.45, 2.75) is 56.5 Å². The number of rotatable bonds is 8. The highest BCUT2D eigenvalue weighted by atomic mass is 16.5. The molecule has 0 bridgehead atoms. The van der Waals surface area contributed by atoms with E-state index in [-0.39, 0.29) is 49.3 Å². The zero-order valence-electron chi connectivity index (χ0n) is 19.1. The lowest BCUT2D eigenvalue weighted by molar-refractivity contribution is -0.140. The summed E-state index contributed by atoms with van der Waals surface area (Å²) < 4.78 is 5.68. The zero-order valence-corrected chi connectivity index (χ0v) is 19.1. The van der Waals surface area contributed by atoms with Crippen LogP contribution in [0.15, 0.2) is 48.5 Å². The lowest BCUT2D eigenvalue weighted by Crippen LogP contribution is -2.44. The normalized spacial score (nSPS) is 19.9. The molecule has 3 aliphatic rings. The smallest absolute Gasteiger partial charge is 0.407 e. The lowest BCUT2D eigenvalue weighted by atomic mass is 9.98. The fraction of sp³-hybridized carbons (Fsp3) is 0.444. The number of nitrogens with zero attached hydrogens (tertiary/aromatic N) is 1. The first-order valence-corrected chi connectivity index (χ1v) is 12.1. The third-order valence-electron chi connectivity index (χ3n) is 7.34. The molecule has 5 rings (SSSR count). The first-order chi connectivity index (χ1) is 16.5. The SMILES string of the molecule is O=C(O)C[C@H]1CCCN1C(=O)CC(NC(=O)OCC1c2ccccc2-c2ccccc21)C1CC1. The van der Waals surface area contributed by atoms with Gasteiger partial charge >= 0.3 is 12.1 Å². The summed E-state index contributed by atoms with van der Waals surface area (Å²) in [6, 6.07) is 15.9. The highest BCUT2D eigenvalue weighted by molar-refractivity contribution is 5.80. The zero-order chi connectivity index (χ0) is 23.7. The van der Waals surface area contributed by atoms with Crippen molar-refractivity contribution in [1.29, 1.82) is 0 Å². The number of carbonyl (C=O) groups is 3. The summed E-state index contributed by atoms with van der Waals surface area (Å²) in [5.41, 5.74) is 4.66. The number of carboxylic acid groups (broad SMARTS) is 1. The van der Waals surface area contributed by atoms with E-state index in [1.165, 1.54) is 11.1 Å². The van der Waals surface area contributed by atoms with E-state index in [9.17, 15) is 14.4 Å². The van der Waals surface area contributed by atoms with Crippen molar-refractivity contribution in [2.75, 3.05) is 13.2 Å². The van der Waals surface area contributed by atoms with Gasteiger partial charge in [-0.05, 0) is 53.9 Å². The van der Waals surface area contributed by atoms with Gasteiger partial charge in [0.2, 0.25) is 5.91 Å². The maximum atomic E-state index is 12.9. The number of hydrogen-bond acceptors (Lipinski definition) is 4. The average Bonchev–Trinajstić information content (AvgIpc) is 3.49. The monoisotopic (exact) mass is 462 g/mol. The van der Waals surface area contributed by atoms with Crippen LogP contribution in [0.1, 0.15) is 55.6 Å². The van der Waals surface area contributed by atoms with E-state index in [1.807, 2.05) is 24.3 Å². The summed E-state index contributed by atoms with van der Waals surface area (Å²) in [6.07, 6.45) is 3.13. The van der Waals surface area contributed by atoms with E-state index in [0.717, 1.165) is 30.4 Å². The Bertz CT molecular complexity index is 1050. The molecule has 7 nitrogen and oxygen atoms in total. The van der Waals surface area contributed by atoms with E-state index >= 15 is 0 Å². The number of fused-ring (bicyclic) bond motifs is 3. The first kappa shape index (κ1) is 22.4. The van der Waals surface area contributed by atoms with Crippen LogP contribution in [0.5, 0.6) is 0 Å². The summed E-state index contributed by atoms with van der Waals surface area (Å²) >= 11 is 0. The number of benzene rings is 2. The van der Waals surface area contributed by atoms with E-state index < -0.39 is 12.1 Å². The minimum Gasteiger partial charge on any atom is -0.481 e. The van der Waals surface area contributed by atoms with Crippen molar-refractivity contribution in [3.05, 3.63) is 59.7 Å². The number of likely N-dealkylation sites (tertiary alicyclic amines) is 1. The fourth-order valence-corrected chi connectivity index (χ4v) is 5.51. The quantitative estimate of drug-likeness (QED) is 0.614. The van der Waals surface area contributed by atoms with Crippen LogP contribution in [0, 0.1) is 5.92 Å². The molecule has 2 fully saturated rings. The predicted molar refractivity (Wildman–Crippen MR) is 126 cm³/mol.